The molecule has 11 rings (SSSR count). The lowest BCUT2D eigenvalue weighted by Crippen LogP contribution is -2.54. The minimum atomic E-state index is -0.777. The molecule has 8 N–H and O–H groups in total. The van der Waals surface area contributed by atoms with Gasteiger partial charge in [0.15, 0.2) is 23.0 Å². The van der Waals surface area contributed by atoms with Crippen LogP contribution in [-0.2, 0) is 33.7 Å². The van der Waals surface area contributed by atoms with Crippen LogP contribution in [0, 0.1) is 40.9 Å². The second-order valence-electron chi connectivity index (χ2n) is 22.5. The molecule has 0 amide bonds. The molecule has 3 aromatic carbocycles. The van der Waals surface area contributed by atoms with Gasteiger partial charge >= 0.3 is 5.97 Å². The molecular weight excluding hydrogens is 949 g/mol. The number of esters is 1. The number of phenolic OH excluding ortho intramolecular Hbond substituents is 2. The van der Waals surface area contributed by atoms with Crippen molar-refractivity contribution < 1.29 is 49.3 Å². The average Bonchev–Trinajstić information content (AvgIpc) is 4.18. The molecule has 0 saturated heterocycles. The number of rotatable bonds is 12. The number of hydrogen-bond donors (Lipinski definition) is 8. The van der Waals surface area contributed by atoms with Crippen LogP contribution in [-0.4, -0.2) is 103 Å². The molecule has 4 heterocycles. The number of nitrogens with zero attached hydrogens (tertiary/aromatic N) is 1. The first-order valence-corrected chi connectivity index (χ1v) is 27.0. The summed E-state index contributed by atoms with van der Waals surface area (Å²) in [5.41, 5.74) is 7.92. The lowest BCUT2D eigenvalue weighted by Gasteiger charge is -2.57. The Balaban J connectivity index is 1.05. The number of para-hydroxylation sites is 1. The van der Waals surface area contributed by atoms with Crippen LogP contribution in [0.5, 0.6) is 23.0 Å². The van der Waals surface area contributed by atoms with Crippen LogP contribution >= 0.6 is 0 Å². The number of aryl methyl sites for hydroxylation is 1. The van der Waals surface area contributed by atoms with Crippen LogP contribution < -0.4 is 14.8 Å². The summed E-state index contributed by atoms with van der Waals surface area (Å²) < 4.78 is 20.0. The number of aromatic nitrogens is 3. The van der Waals surface area contributed by atoms with E-state index in [2.05, 4.69) is 68.2 Å². The van der Waals surface area contributed by atoms with E-state index in [0.29, 0.717) is 44.4 Å². The van der Waals surface area contributed by atoms with Crippen molar-refractivity contribution in [3.8, 4) is 34.8 Å². The largest absolute Gasteiger partial charge is 0.504 e. The van der Waals surface area contributed by atoms with Crippen molar-refractivity contribution in [3.05, 3.63) is 113 Å². The number of ketones is 1. The summed E-state index contributed by atoms with van der Waals surface area (Å²) in [5, 5.41) is 59.2. The van der Waals surface area contributed by atoms with Gasteiger partial charge in [-0.25, -0.2) is 0 Å². The van der Waals surface area contributed by atoms with E-state index in [0.717, 1.165) is 94.1 Å². The van der Waals surface area contributed by atoms with E-state index in [9.17, 15) is 30.3 Å². The first-order chi connectivity index (χ1) is 36.3. The van der Waals surface area contributed by atoms with Crippen molar-refractivity contribution in [3.63, 3.8) is 0 Å². The van der Waals surface area contributed by atoms with Crippen LogP contribution in [0.1, 0.15) is 111 Å². The zero-order chi connectivity index (χ0) is 52.0. The Morgan fingerprint density at radius 1 is 0.973 bits per heavy atom. The van der Waals surface area contributed by atoms with Gasteiger partial charge in [-0.2, -0.15) is 0 Å². The fourth-order valence-corrected chi connectivity index (χ4v) is 14.7. The highest BCUT2D eigenvalue weighted by Crippen LogP contribution is 2.67. The third-order valence-electron chi connectivity index (χ3n) is 17.7. The van der Waals surface area contributed by atoms with Gasteiger partial charge in [0.1, 0.15) is 24.9 Å². The number of cyclic esters (lactones) is 1. The molecule has 3 saturated carbocycles. The molecule has 3 aromatic heterocycles. The monoisotopic (exact) mass is 1020 g/mol. The number of ether oxygens (including phenoxy) is 3. The first-order valence-electron chi connectivity index (χ1n) is 27.0. The predicted molar refractivity (Wildman–Crippen MR) is 285 cm³/mol. The number of aromatic hydroxyl groups is 2. The molecule has 14 heteroatoms. The molecular formula is C61H70N4O10. The summed E-state index contributed by atoms with van der Waals surface area (Å²) in [7, 11) is 1.55. The van der Waals surface area contributed by atoms with Crippen LogP contribution in [0.2, 0.25) is 0 Å². The average molecular weight is 1020 g/mol. The smallest absolute Gasteiger partial charge is 0.318 e. The van der Waals surface area contributed by atoms with Gasteiger partial charge in [0.25, 0.3) is 0 Å². The maximum absolute atomic E-state index is 15.3. The number of carbonyl (C=O) groups excluding carboxylic acids is 2. The van der Waals surface area contributed by atoms with E-state index in [1.165, 1.54) is 6.07 Å². The van der Waals surface area contributed by atoms with E-state index in [1.807, 2.05) is 37.4 Å². The van der Waals surface area contributed by atoms with E-state index in [1.54, 1.807) is 19.2 Å². The molecule has 1 spiro atoms. The van der Waals surface area contributed by atoms with E-state index < -0.39 is 24.3 Å². The number of β-amino-alcohol motifs (C(OH)–C–C–N with tert-alkyl or cyclic N) is 1. The van der Waals surface area contributed by atoms with Gasteiger partial charge in [-0.15, -0.1) is 0 Å². The van der Waals surface area contributed by atoms with Gasteiger partial charge in [-0.05, 0) is 164 Å². The minimum Gasteiger partial charge on any atom is -0.504 e. The van der Waals surface area contributed by atoms with Crippen molar-refractivity contribution in [1.82, 2.24) is 19.9 Å². The number of phenols is 2. The summed E-state index contributed by atoms with van der Waals surface area (Å²) in [6.45, 7) is 2.80. The van der Waals surface area contributed by atoms with Gasteiger partial charge in [-0.3, -0.25) is 9.59 Å². The third-order valence-corrected chi connectivity index (χ3v) is 17.7. The highest BCUT2D eigenvalue weighted by atomic mass is 16.5. The number of Topliss-reactive ketones (excluding diaryl/α,β-unsaturated/α-hetero) is 1. The third kappa shape index (κ3) is 9.96. The Morgan fingerprint density at radius 2 is 1.83 bits per heavy atom. The fourth-order valence-electron chi connectivity index (χ4n) is 14.7. The molecule has 394 valence electrons. The maximum atomic E-state index is 15.3. The van der Waals surface area contributed by atoms with Gasteiger partial charge in [0.05, 0.1) is 42.7 Å². The molecule has 4 aliphatic carbocycles. The molecule has 1 aliphatic heterocycles. The SMILES string of the molecule is COc1cc2c(cc1O)C1=C[C@H]3C[C@]4(CC[C@](Cn5ccc6[nH]ccc65)(NC[C@H](C)O)C4)[C@@H]4C[C@H](O)CC[C@@H]4[C@@H]3[C@@H]2CC(=O)C[C@@H](CCc2ccc(O)c(OCCO)c2)OC(=O)CC#CCc2c1[nH]c1ccccc21. The molecule has 6 aromatic rings. The molecule has 10 atom stereocenters. The molecule has 5 aliphatic rings. The zero-order valence-corrected chi connectivity index (χ0v) is 42.9. The Kier molecular flexibility index (Phi) is 14.1. The molecule has 3 fully saturated rings. The highest BCUT2D eigenvalue weighted by Gasteiger charge is 2.61. The van der Waals surface area contributed by atoms with Crippen LogP contribution in [0.15, 0.2) is 85.2 Å². The highest BCUT2D eigenvalue weighted by molar-refractivity contribution is 5.94. The Morgan fingerprint density at radius 3 is 2.67 bits per heavy atom. The Labute approximate surface area is 437 Å². The van der Waals surface area contributed by atoms with Crippen LogP contribution in [0.4, 0.5) is 0 Å². The van der Waals surface area contributed by atoms with Crippen LogP contribution in [0.25, 0.3) is 27.5 Å². The fraction of sp³-hybridized carbons (Fsp3) is 0.475. The van der Waals surface area contributed by atoms with Crippen molar-refractivity contribution >= 4 is 39.3 Å². The number of aliphatic hydroxyl groups excluding tert-OH is 3. The summed E-state index contributed by atoms with van der Waals surface area (Å²) in [6, 6.07) is 21.2. The second-order valence-corrected chi connectivity index (χ2v) is 22.5. The normalized spacial score (nSPS) is 28.1. The van der Waals surface area contributed by atoms with Crippen LogP contribution in [0.3, 0.4) is 0 Å². The number of hydrogen-bond acceptors (Lipinski definition) is 11. The summed E-state index contributed by atoms with van der Waals surface area (Å²) in [4.78, 5) is 36.2. The Hall–Kier alpha value is -6.50. The number of aliphatic hydroxyl groups is 3. The van der Waals surface area contributed by atoms with Gasteiger partial charge in [-0.1, -0.05) is 42.2 Å². The number of methoxy groups -OCH3 is 1. The molecule has 0 unspecified atom stereocenters. The second kappa shape index (κ2) is 20.9. The Bertz CT molecular complexity index is 3190. The molecule has 75 heavy (non-hydrogen) atoms. The number of fused-ring (bicyclic) bond motifs is 10. The lowest BCUT2D eigenvalue weighted by atomic mass is 9.47. The summed E-state index contributed by atoms with van der Waals surface area (Å²) >= 11 is 0. The molecule has 2 bridgehead atoms. The first kappa shape index (κ1) is 50.6. The molecule has 14 nitrogen and oxygen atoms in total. The van der Waals surface area contributed by atoms with Gasteiger partial charge in [0, 0.05) is 66.8 Å². The topological polar surface area (TPSA) is 212 Å². The minimum absolute atomic E-state index is 0.00322. The number of aromatic amines is 2. The van der Waals surface area contributed by atoms with Crippen molar-refractivity contribution in [1.29, 1.82) is 0 Å². The van der Waals surface area contributed by atoms with E-state index in [-0.39, 0.29) is 96.1 Å². The van der Waals surface area contributed by atoms with Crippen molar-refractivity contribution in [2.24, 2.45) is 29.1 Å². The lowest BCUT2D eigenvalue weighted by molar-refractivity contribution is -0.149. The zero-order valence-electron chi connectivity index (χ0n) is 42.9. The maximum Gasteiger partial charge on any atom is 0.318 e. The quantitative estimate of drug-likeness (QED) is 0.0430. The summed E-state index contributed by atoms with van der Waals surface area (Å²) in [6.07, 6.45) is 11.4. The number of allylic oxidation sites excluding steroid dienone is 1. The number of benzene rings is 3. The molecule has 0 radical (unpaired) electrons. The van der Waals surface area contributed by atoms with E-state index >= 15 is 4.79 Å². The number of H-pyrrole nitrogens is 2. The van der Waals surface area contributed by atoms with Gasteiger partial charge in [0.2, 0.25) is 0 Å². The van der Waals surface area contributed by atoms with Crippen molar-refractivity contribution in [2.75, 3.05) is 26.9 Å². The van der Waals surface area contributed by atoms with Crippen molar-refractivity contribution in [2.45, 2.75) is 127 Å². The van der Waals surface area contributed by atoms with Gasteiger partial charge < -0.3 is 59.6 Å². The number of nitrogens with one attached hydrogen (secondary N) is 3. The summed E-state index contributed by atoms with van der Waals surface area (Å²) in [5.74, 6) is 6.15. The number of carbonyl (C=O) groups is 2. The van der Waals surface area contributed by atoms with E-state index in [4.69, 9.17) is 14.2 Å². The standard InChI is InChI=1S/C61H70N4O10/c1-36(67)33-63-61(35-65-22-18-51-52(65)17-21-62-51)20-19-60(34-61)32-38-26-48-45-30-54(71)55(73-2)31-46(45)47(58(38)44-15-13-39(68)29-49(44)60)28-40(69)27-41(14-11-37-12-16-53(70)56(25-37)74-24-23-66)75-57(72)10-6-4-8-43-42-7-3-5-9-50(42)64-59(43)48/h3,5,7,9,12,16-18,21-22,25-26,30-31,36,38-39,41,44,47,49,58,62-64,66-68,70-71H,8,10-11,13-15,19-20,23-24,27-29,32-35H2,1-2H3/t36-,38-,39+,41+,44-,47+,49+,58+,60-,61-/m0/s1. The predicted octanol–water partition coefficient (Wildman–Crippen LogP) is 8.61.